The summed E-state index contributed by atoms with van der Waals surface area (Å²) in [6.07, 6.45) is 0. The standard InChI is InChI=1S/C14H17BrN6O3/c1-14(2,3)11-16-7(24-18-11)6-21-9-8(17-12(21)15)10(22)20(5)13(23)19(9)4/h6H2,1-5H3. The molecular formula is C14H17BrN6O3. The molecule has 9 nitrogen and oxygen atoms in total. The van der Waals surface area contributed by atoms with Crippen LogP contribution in [0.25, 0.3) is 11.2 Å². The number of aromatic nitrogens is 6. The van der Waals surface area contributed by atoms with Gasteiger partial charge in [0.2, 0.25) is 5.89 Å². The van der Waals surface area contributed by atoms with Gasteiger partial charge in [0.25, 0.3) is 5.56 Å². The van der Waals surface area contributed by atoms with Crippen LogP contribution in [0.1, 0.15) is 32.5 Å². The van der Waals surface area contributed by atoms with Gasteiger partial charge in [-0.15, -0.1) is 0 Å². The van der Waals surface area contributed by atoms with Crippen molar-refractivity contribution in [1.82, 2.24) is 28.8 Å². The summed E-state index contributed by atoms with van der Waals surface area (Å²) in [5, 5.41) is 3.98. The van der Waals surface area contributed by atoms with E-state index in [4.69, 9.17) is 4.52 Å². The summed E-state index contributed by atoms with van der Waals surface area (Å²) in [4.78, 5) is 33.0. The summed E-state index contributed by atoms with van der Waals surface area (Å²) in [5.41, 5.74) is -0.526. The quantitative estimate of drug-likeness (QED) is 0.597. The molecule has 3 rings (SSSR count). The molecule has 0 aliphatic carbocycles. The van der Waals surface area contributed by atoms with E-state index in [0.29, 0.717) is 22.1 Å². The van der Waals surface area contributed by atoms with Crippen LogP contribution in [0, 0.1) is 0 Å². The fourth-order valence-corrected chi connectivity index (χ4v) is 2.83. The highest BCUT2D eigenvalue weighted by atomic mass is 79.9. The van der Waals surface area contributed by atoms with E-state index in [0.717, 1.165) is 4.57 Å². The van der Waals surface area contributed by atoms with E-state index in [9.17, 15) is 9.59 Å². The lowest BCUT2D eigenvalue weighted by atomic mass is 9.96. The van der Waals surface area contributed by atoms with Crippen LogP contribution in [-0.2, 0) is 26.1 Å². The average molecular weight is 397 g/mol. The van der Waals surface area contributed by atoms with Gasteiger partial charge in [0.1, 0.15) is 6.54 Å². The summed E-state index contributed by atoms with van der Waals surface area (Å²) >= 11 is 3.33. The Morgan fingerprint density at radius 2 is 1.79 bits per heavy atom. The van der Waals surface area contributed by atoms with Gasteiger partial charge in [0.05, 0.1) is 0 Å². The third-order valence-electron chi connectivity index (χ3n) is 3.73. The van der Waals surface area contributed by atoms with Gasteiger partial charge in [-0.2, -0.15) is 4.98 Å². The van der Waals surface area contributed by atoms with Crippen molar-refractivity contribution in [3.63, 3.8) is 0 Å². The van der Waals surface area contributed by atoms with Crippen molar-refractivity contribution < 1.29 is 4.52 Å². The van der Waals surface area contributed by atoms with E-state index >= 15 is 0 Å². The van der Waals surface area contributed by atoms with Crippen molar-refractivity contribution in [2.24, 2.45) is 14.1 Å². The second-order valence-electron chi connectivity index (χ2n) is 6.61. The molecule has 128 valence electrons. The second-order valence-corrected chi connectivity index (χ2v) is 7.32. The van der Waals surface area contributed by atoms with Crippen molar-refractivity contribution in [2.45, 2.75) is 32.7 Å². The molecule has 0 N–H and O–H groups in total. The van der Waals surface area contributed by atoms with Crippen molar-refractivity contribution in [3.05, 3.63) is 37.3 Å². The lowest BCUT2D eigenvalue weighted by Gasteiger charge is -2.11. The molecule has 10 heteroatoms. The second kappa shape index (κ2) is 5.40. The fourth-order valence-electron chi connectivity index (χ4n) is 2.36. The van der Waals surface area contributed by atoms with Gasteiger partial charge in [0.15, 0.2) is 21.7 Å². The molecule has 0 aliphatic heterocycles. The Morgan fingerprint density at radius 3 is 2.38 bits per heavy atom. The maximum absolute atomic E-state index is 12.3. The monoisotopic (exact) mass is 396 g/mol. The van der Waals surface area contributed by atoms with E-state index in [2.05, 4.69) is 31.1 Å². The third kappa shape index (κ3) is 2.50. The van der Waals surface area contributed by atoms with Gasteiger partial charge in [-0.05, 0) is 15.9 Å². The van der Waals surface area contributed by atoms with Crippen LogP contribution in [0.15, 0.2) is 18.8 Å². The molecule has 0 unspecified atom stereocenters. The van der Waals surface area contributed by atoms with Crippen LogP contribution >= 0.6 is 15.9 Å². The first-order valence-corrected chi connectivity index (χ1v) is 8.05. The van der Waals surface area contributed by atoms with E-state index in [1.165, 1.54) is 11.6 Å². The maximum atomic E-state index is 12.3. The minimum Gasteiger partial charge on any atom is -0.337 e. The Hall–Kier alpha value is -2.23. The van der Waals surface area contributed by atoms with Gasteiger partial charge in [0, 0.05) is 19.5 Å². The molecule has 0 radical (unpaired) electrons. The molecule has 0 saturated carbocycles. The molecule has 24 heavy (non-hydrogen) atoms. The van der Waals surface area contributed by atoms with Gasteiger partial charge < -0.3 is 4.52 Å². The SMILES string of the molecule is Cn1c(=O)c2nc(Br)n(Cc3nc(C(C)(C)C)no3)c2n(C)c1=O. The zero-order valence-electron chi connectivity index (χ0n) is 14.0. The van der Waals surface area contributed by atoms with E-state index < -0.39 is 11.2 Å². The lowest BCUT2D eigenvalue weighted by Crippen LogP contribution is -2.37. The van der Waals surface area contributed by atoms with E-state index in [1.807, 2.05) is 20.8 Å². The minimum atomic E-state index is -0.451. The highest BCUT2D eigenvalue weighted by Gasteiger charge is 2.23. The molecule has 3 aromatic rings. The maximum Gasteiger partial charge on any atom is 0.332 e. The van der Waals surface area contributed by atoms with Crippen LogP contribution in [0.4, 0.5) is 0 Å². The van der Waals surface area contributed by atoms with Crippen LogP contribution in [-0.4, -0.2) is 28.8 Å². The zero-order chi connectivity index (χ0) is 17.8. The molecule has 0 fully saturated rings. The highest BCUT2D eigenvalue weighted by molar-refractivity contribution is 9.10. The van der Waals surface area contributed by atoms with E-state index in [-0.39, 0.29) is 17.5 Å². The van der Waals surface area contributed by atoms with Crippen LogP contribution in [0.2, 0.25) is 0 Å². The Bertz CT molecular complexity index is 1050. The largest absolute Gasteiger partial charge is 0.337 e. The molecule has 3 aromatic heterocycles. The van der Waals surface area contributed by atoms with Gasteiger partial charge >= 0.3 is 5.69 Å². The van der Waals surface area contributed by atoms with Crippen LogP contribution in [0.3, 0.4) is 0 Å². The van der Waals surface area contributed by atoms with Gasteiger partial charge in [-0.3, -0.25) is 18.5 Å². The number of aryl methyl sites for hydroxylation is 1. The Kier molecular flexibility index (Phi) is 3.74. The Balaban J connectivity index is 2.17. The van der Waals surface area contributed by atoms with Crippen LogP contribution in [0.5, 0.6) is 0 Å². The van der Waals surface area contributed by atoms with Crippen molar-refractivity contribution in [3.8, 4) is 0 Å². The molecular weight excluding hydrogens is 380 g/mol. The van der Waals surface area contributed by atoms with E-state index in [1.54, 1.807) is 11.6 Å². The smallest absolute Gasteiger partial charge is 0.332 e. The molecule has 0 saturated heterocycles. The Labute approximate surface area is 145 Å². The van der Waals surface area contributed by atoms with Crippen molar-refractivity contribution >= 4 is 27.1 Å². The van der Waals surface area contributed by atoms with Crippen molar-refractivity contribution in [2.75, 3.05) is 0 Å². The molecule has 0 aliphatic rings. The zero-order valence-corrected chi connectivity index (χ0v) is 15.6. The van der Waals surface area contributed by atoms with Gasteiger partial charge in [-0.1, -0.05) is 25.9 Å². The predicted octanol–water partition coefficient (Wildman–Crippen LogP) is 0.925. The minimum absolute atomic E-state index is 0.195. The normalized spacial score (nSPS) is 12.2. The first-order valence-electron chi connectivity index (χ1n) is 7.26. The number of nitrogens with zero attached hydrogens (tertiary/aromatic N) is 6. The summed E-state index contributed by atoms with van der Waals surface area (Å²) in [6, 6.07) is 0. The highest BCUT2D eigenvalue weighted by Crippen LogP contribution is 2.21. The number of hydrogen-bond donors (Lipinski definition) is 0. The molecule has 3 heterocycles. The summed E-state index contributed by atoms with van der Waals surface area (Å²) in [6.45, 7) is 6.15. The van der Waals surface area contributed by atoms with Gasteiger partial charge in [-0.25, -0.2) is 9.78 Å². The molecule has 0 spiro atoms. The number of halogens is 1. The molecule has 0 amide bonds. The third-order valence-corrected chi connectivity index (χ3v) is 4.33. The average Bonchev–Trinajstić information content (AvgIpc) is 3.09. The Morgan fingerprint density at radius 1 is 1.12 bits per heavy atom. The first kappa shape index (κ1) is 16.6. The number of rotatable bonds is 2. The number of hydrogen-bond acceptors (Lipinski definition) is 6. The fraction of sp³-hybridized carbons (Fsp3) is 0.500. The number of imidazole rings is 1. The predicted molar refractivity (Wildman–Crippen MR) is 90.0 cm³/mol. The summed E-state index contributed by atoms with van der Waals surface area (Å²) in [5.74, 6) is 0.955. The topological polar surface area (TPSA) is 101 Å². The van der Waals surface area contributed by atoms with Crippen LogP contribution < -0.4 is 11.2 Å². The molecule has 0 bridgehead atoms. The first-order chi connectivity index (χ1) is 11.1. The molecule has 0 atom stereocenters. The lowest BCUT2D eigenvalue weighted by molar-refractivity contribution is 0.357. The van der Waals surface area contributed by atoms with Crippen molar-refractivity contribution in [1.29, 1.82) is 0 Å². The summed E-state index contributed by atoms with van der Waals surface area (Å²) < 4.78 is 9.75. The molecule has 0 aromatic carbocycles. The number of fused-ring (bicyclic) bond motifs is 1. The summed E-state index contributed by atoms with van der Waals surface area (Å²) in [7, 11) is 3.01.